The molecule has 2 N–H and O–H groups in total. The second-order valence-electron chi connectivity index (χ2n) is 8.49. The van der Waals surface area contributed by atoms with E-state index in [9.17, 15) is 19.2 Å². The molecule has 1 saturated carbocycles. The summed E-state index contributed by atoms with van der Waals surface area (Å²) in [5.74, 6) is -0.689. The molecular weight excluding hydrogens is 384 g/mol. The normalized spacial score (nSPS) is 21.2. The number of nitrogens with zero attached hydrogens (tertiary/aromatic N) is 2. The van der Waals surface area contributed by atoms with Gasteiger partial charge in [0.15, 0.2) is 0 Å². The second kappa shape index (κ2) is 8.08. The SMILES string of the molecule is CC(C(=O)NCc1cccc(C(=O)N2CCCC2)c1)N1C(=O)NC2(CCCC2)C1=O. The molecule has 0 bridgehead atoms. The van der Waals surface area contributed by atoms with Crippen molar-refractivity contribution in [2.45, 2.75) is 63.6 Å². The average molecular weight is 412 g/mol. The van der Waals surface area contributed by atoms with E-state index in [1.807, 2.05) is 11.0 Å². The van der Waals surface area contributed by atoms with Crippen LogP contribution in [0.1, 0.15) is 61.4 Å². The Morgan fingerprint density at radius 1 is 1.13 bits per heavy atom. The number of carbonyl (C=O) groups excluding carboxylic acids is 4. The van der Waals surface area contributed by atoms with Gasteiger partial charge in [-0.2, -0.15) is 0 Å². The second-order valence-corrected chi connectivity index (χ2v) is 8.49. The Hall–Kier alpha value is -2.90. The van der Waals surface area contributed by atoms with Gasteiger partial charge in [-0.05, 0) is 50.3 Å². The summed E-state index contributed by atoms with van der Waals surface area (Å²) in [7, 11) is 0. The van der Waals surface area contributed by atoms with Gasteiger partial charge in [0.25, 0.3) is 11.8 Å². The fourth-order valence-corrected chi connectivity index (χ4v) is 4.68. The van der Waals surface area contributed by atoms with Crippen molar-refractivity contribution in [2.75, 3.05) is 13.1 Å². The molecule has 1 unspecified atom stereocenters. The van der Waals surface area contributed by atoms with Gasteiger partial charge in [0, 0.05) is 25.2 Å². The molecule has 1 aliphatic carbocycles. The first-order valence-electron chi connectivity index (χ1n) is 10.7. The summed E-state index contributed by atoms with van der Waals surface area (Å²) in [5, 5.41) is 5.59. The summed E-state index contributed by atoms with van der Waals surface area (Å²) in [6.45, 7) is 3.35. The molecule has 2 aliphatic heterocycles. The molecule has 8 heteroatoms. The van der Waals surface area contributed by atoms with Crippen LogP contribution in [0.25, 0.3) is 0 Å². The van der Waals surface area contributed by atoms with E-state index in [-0.39, 0.29) is 18.4 Å². The van der Waals surface area contributed by atoms with Crippen LogP contribution in [-0.2, 0) is 16.1 Å². The predicted octanol–water partition coefficient (Wildman–Crippen LogP) is 1.79. The Morgan fingerprint density at radius 3 is 2.53 bits per heavy atom. The molecule has 2 saturated heterocycles. The third kappa shape index (κ3) is 3.66. The number of benzene rings is 1. The van der Waals surface area contributed by atoms with Gasteiger partial charge in [-0.25, -0.2) is 9.69 Å². The molecule has 1 aromatic rings. The number of hydrogen-bond donors (Lipinski definition) is 2. The number of carbonyl (C=O) groups is 4. The molecule has 5 amide bonds. The molecule has 1 atom stereocenters. The fourth-order valence-electron chi connectivity index (χ4n) is 4.68. The van der Waals surface area contributed by atoms with Crippen LogP contribution in [0.2, 0.25) is 0 Å². The minimum Gasteiger partial charge on any atom is -0.350 e. The number of amides is 5. The highest BCUT2D eigenvalue weighted by Gasteiger charge is 2.54. The summed E-state index contributed by atoms with van der Waals surface area (Å²) in [6, 6.07) is 5.81. The van der Waals surface area contributed by atoms with Gasteiger partial charge in [-0.3, -0.25) is 14.4 Å². The van der Waals surface area contributed by atoms with Gasteiger partial charge in [0.05, 0.1) is 0 Å². The monoisotopic (exact) mass is 412 g/mol. The van der Waals surface area contributed by atoms with E-state index >= 15 is 0 Å². The number of urea groups is 1. The third-order valence-corrected chi connectivity index (χ3v) is 6.45. The highest BCUT2D eigenvalue weighted by atomic mass is 16.2. The quantitative estimate of drug-likeness (QED) is 0.721. The average Bonchev–Trinajstić information content (AvgIpc) is 3.48. The van der Waals surface area contributed by atoms with Crippen molar-refractivity contribution in [3.8, 4) is 0 Å². The van der Waals surface area contributed by atoms with Gasteiger partial charge in [-0.15, -0.1) is 0 Å². The topological polar surface area (TPSA) is 98.8 Å². The summed E-state index contributed by atoms with van der Waals surface area (Å²) >= 11 is 0. The highest BCUT2D eigenvalue weighted by molar-refractivity contribution is 6.10. The molecule has 3 aliphatic rings. The van der Waals surface area contributed by atoms with Crippen LogP contribution in [-0.4, -0.2) is 58.2 Å². The molecule has 4 rings (SSSR count). The van der Waals surface area contributed by atoms with Crippen LogP contribution < -0.4 is 10.6 Å². The maximum absolute atomic E-state index is 12.8. The van der Waals surface area contributed by atoms with E-state index < -0.39 is 23.5 Å². The van der Waals surface area contributed by atoms with Crippen molar-refractivity contribution in [3.05, 3.63) is 35.4 Å². The lowest BCUT2D eigenvalue weighted by molar-refractivity contribution is -0.137. The van der Waals surface area contributed by atoms with E-state index in [4.69, 9.17) is 0 Å². The maximum atomic E-state index is 12.8. The molecule has 1 spiro atoms. The lowest BCUT2D eigenvalue weighted by Crippen LogP contribution is -2.49. The van der Waals surface area contributed by atoms with Crippen LogP contribution in [0.3, 0.4) is 0 Å². The Balaban J connectivity index is 1.37. The lowest BCUT2D eigenvalue weighted by Gasteiger charge is -2.23. The lowest BCUT2D eigenvalue weighted by atomic mass is 9.97. The molecule has 160 valence electrons. The van der Waals surface area contributed by atoms with Crippen molar-refractivity contribution >= 4 is 23.8 Å². The first-order chi connectivity index (χ1) is 14.4. The first-order valence-corrected chi connectivity index (χ1v) is 10.7. The van der Waals surface area contributed by atoms with E-state index in [1.165, 1.54) is 0 Å². The molecule has 30 heavy (non-hydrogen) atoms. The Bertz CT molecular complexity index is 872. The van der Waals surface area contributed by atoms with Crippen molar-refractivity contribution < 1.29 is 19.2 Å². The largest absolute Gasteiger partial charge is 0.350 e. The van der Waals surface area contributed by atoms with Crippen LogP contribution >= 0.6 is 0 Å². The number of rotatable bonds is 5. The van der Waals surface area contributed by atoms with Crippen LogP contribution in [0.5, 0.6) is 0 Å². The Labute approximate surface area is 176 Å². The van der Waals surface area contributed by atoms with Gasteiger partial charge < -0.3 is 15.5 Å². The summed E-state index contributed by atoms with van der Waals surface area (Å²) in [4.78, 5) is 53.3. The first kappa shape index (κ1) is 20.4. The van der Waals surface area contributed by atoms with E-state index in [0.717, 1.165) is 49.2 Å². The zero-order chi connectivity index (χ0) is 21.3. The Kier molecular flexibility index (Phi) is 5.49. The minimum atomic E-state index is -0.896. The van der Waals surface area contributed by atoms with Crippen molar-refractivity contribution in [1.29, 1.82) is 0 Å². The maximum Gasteiger partial charge on any atom is 0.325 e. The number of likely N-dealkylation sites (tertiary alicyclic amines) is 1. The predicted molar refractivity (Wildman–Crippen MR) is 109 cm³/mol. The molecule has 0 radical (unpaired) electrons. The van der Waals surface area contributed by atoms with Gasteiger partial charge >= 0.3 is 6.03 Å². The van der Waals surface area contributed by atoms with Gasteiger partial charge in [0.2, 0.25) is 5.91 Å². The molecule has 1 aromatic carbocycles. The van der Waals surface area contributed by atoms with Crippen LogP contribution in [0.4, 0.5) is 4.79 Å². The smallest absolute Gasteiger partial charge is 0.325 e. The fraction of sp³-hybridized carbons (Fsp3) is 0.545. The van der Waals surface area contributed by atoms with Gasteiger partial charge in [0.1, 0.15) is 11.6 Å². The van der Waals surface area contributed by atoms with Crippen molar-refractivity contribution in [1.82, 2.24) is 20.4 Å². The zero-order valence-corrected chi connectivity index (χ0v) is 17.3. The minimum absolute atomic E-state index is 0.00948. The van der Waals surface area contributed by atoms with Crippen molar-refractivity contribution in [2.24, 2.45) is 0 Å². The molecule has 2 heterocycles. The summed E-state index contributed by atoms with van der Waals surface area (Å²) < 4.78 is 0. The summed E-state index contributed by atoms with van der Waals surface area (Å²) in [5.41, 5.74) is 0.578. The molecule has 3 fully saturated rings. The standard InChI is InChI=1S/C22H28N4O4/c1-15(26-20(29)22(24-21(26)30)9-2-3-10-22)18(27)23-14-16-7-6-8-17(13-16)19(28)25-11-4-5-12-25/h6-8,13,15H,2-5,9-12,14H2,1H3,(H,23,27)(H,24,30). The van der Waals surface area contributed by atoms with Crippen molar-refractivity contribution in [3.63, 3.8) is 0 Å². The molecule has 0 aromatic heterocycles. The zero-order valence-electron chi connectivity index (χ0n) is 17.3. The molecule has 8 nitrogen and oxygen atoms in total. The molecular formula is C22H28N4O4. The number of hydrogen-bond acceptors (Lipinski definition) is 4. The van der Waals surface area contributed by atoms with Gasteiger partial charge in [-0.1, -0.05) is 25.0 Å². The third-order valence-electron chi connectivity index (χ3n) is 6.45. The highest BCUT2D eigenvalue weighted by Crippen LogP contribution is 2.35. The van der Waals surface area contributed by atoms with E-state index in [0.29, 0.717) is 18.4 Å². The Morgan fingerprint density at radius 2 is 1.83 bits per heavy atom. The van der Waals surface area contributed by atoms with E-state index in [2.05, 4.69) is 10.6 Å². The summed E-state index contributed by atoms with van der Waals surface area (Å²) in [6.07, 6.45) is 5.10. The number of nitrogens with one attached hydrogen (secondary N) is 2. The van der Waals surface area contributed by atoms with Crippen LogP contribution in [0, 0.1) is 0 Å². The van der Waals surface area contributed by atoms with Crippen LogP contribution in [0.15, 0.2) is 24.3 Å². The van der Waals surface area contributed by atoms with E-state index in [1.54, 1.807) is 25.1 Å². The number of imide groups is 1.